The van der Waals surface area contributed by atoms with Gasteiger partial charge in [0.15, 0.2) is 0 Å². The summed E-state index contributed by atoms with van der Waals surface area (Å²) in [6.07, 6.45) is 1.38. The first kappa shape index (κ1) is 8.93. The zero-order valence-electron chi connectivity index (χ0n) is 7.10. The number of nitrogens with one attached hydrogen (secondary N) is 1. The summed E-state index contributed by atoms with van der Waals surface area (Å²) in [5, 5.41) is 2.84. The van der Waals surface area contributed by atoms with Crippen LogP contribution in [0.25, 0.3) is 0 Å². The topological polar surface area (TPSA) is 34.2 Å². The molecule has 0 aliphatic heterocycles. The molecule has 0 aromatic carbocycles. The maximum absolute atomic E-state index is 13.1. The Kier molecular flexibility index (Phi) is 2.99. The van der Waals surface area contributed by atoms with Crippen LogP contribution in [0.15, 0.2) is 12.3 Å². The van der Waals surface area contributed by atoms with Gasteiger partial charge in [-0.2, -0.15) is 0 Å². The zero-order chi connectivity index (χ0) is 8.97. The Morgan fingerprint density at radius 1 is 1.67 bits per heavy atom. The summed E-state index contributed by atoms with van der Waals surface area (Å²) in [5.74, 6) is 0.0422. The van der Waals surface area contributed by atoms with Crippen molar-refractivity contribution in [3.8, 4) is 5.88 Å². The van der Waals surface area contributed by atoms with E-state index in [-0.39, 0.29) is 5.82 Å². The van der Waals surface area contributed by atoms with Crippen LogP contribution in [-0.2, 0) is 6.54 Å². The van der Waals surface area contributed by atoms with E-state index in [0.29, 0.717) is 18.0 Å². The van der Waals surface area contributed by atoms with Crippen LogP contribution >= 0.6 is 0 Å². The maximum Gasteiger partial charge on any atom is 0.220 e. The lowest BCUT2D eigenvalue weighted by molar-refractivity contribution is 0.385. The number of hydrogen-bond acceptors (Lipinski definition) is 3. The third-order valence-corrected chi connectivity index (χ3v) is 1.51. The molecule has 1 aromatic heterocycles. The summed E-state index contributed by atoms with van der Waals surface area (Å²) in [5.41, 5.74) is 0.461. The zero-order valence-corrected chi connectivity index (χ0v) is 7.10. The predicted molar refractivity (Wildman–Crippen MR) is 43.5 cm³/mol. The lowest BCUT2D eigenvalue weighted by Gasteiger charge is -2.06. The largest absolute Gasteiger partial charge is 0.481 e. The molecule has 0 spiro atoms. The van der Waals surface area contributed by atoms with E-state index in [0.717, 1.165) is 0 Å². The maximum atomic E-state index is 13.1. The van der Waals surface area contributed by atoms with Gasteiger partial charge in [0.2, 0.25) is 5.88 Å². The Hall–Kier alpha value is -1.16. The molecular weight excluding hydrogens is 159 g/mol. The fourth-order valence-corrected chi connectivity index (χ4v) is 0.964. The van der Waals surface area contributed by atoms with Crippen LogP contribution < -0.4 is 10.1 Å². The fourth-order valence-electron chi connectivity index (χ4n) is 0.964. The standard InChI is InChI=1S/C8H11FN2O/c1-10-5-6-7(9)3-4-11-8(6)12-2/h3-4,10H,5H2,1-2H3. The lowest BCUT2D eigenvalue weighted by Crippen LogP contribution is -2.09. The highest BCUT2D eigenvalue weighted by Crippen LogP contribution is 2.16. The summed E-state index contributed by atoms with van der Waals surface area (Å²) < 4.78 is 18.0. The van der Waals surface area contributed by atoms with Crippen LogP contribution in [-0.4, -0.2) is 19.1 Å². The second-order valence-corrected chi connectivity index (χ2v) is 2.31. The fraction of sp³-hybridized carbons (Fsp3) is 0.375. The molecule has 0 fully saturated rings. The van der Waals surface area contributed by atoms with Crippen LogP contribution in [0.5, 0.6) is 5.88 Å². The molecule has 1 aromatic rings. The third kappa shape index (κ3) is 1.71. The van der Waals surface area contributed by atoms with Crippen molar-refractivity contribution in [3.63, 3.8) is 0 Å². The molecule has 0 atom stereocenters. The number of halogens is 1. The Bertz CT molecular complexity index is 265. The quantitative estimate of drug-likeness (QED) is 0.733. The summed E-state index contributed by atoms with van der Waals surface area (Å²) in [4.78, 5) is 3.87. The molecular formula is C8H11FN2O. The number of aromatic nitrogens is 1. The van der Waals surface area contributed by atoms with E-state index in [2.05, 4.69) is 10.3 Å². The summed E-state index contributed by atoms with van der Waals surface area (Å²) in [6.45, 7) is 0.419. The average molecular weight is 170 g/mol. The molecule has 4 heteroatoms. The molecule has 0 unspecified atom stereocenters. The smallest absolute Gasteiger partial charge is 0.220 e. The number of pyridine rings is 1. The van der Waals surface area contributed by atoms with E-state index in [1.54, 1.807) is 7.05 Å². The first-order valence-electron chi connectivity index (χ1n) is 3.61. The van der Waals surface area contributed by atoms with Gasteiger partial charge in [-0.25, -0.2) is 9.37 Å². The first-order chi connectivity index (χ1) is 5.79. The molecule has 1 heterocycles. The molecule has 0 saturated heterocycles. The van der Waals surface area contributed by atoms with Gasteiger partial charge in [0.1, 0.15) is 5.82 Å². The summed E-state index contributed by atoms with van der Waals surface area (Å²) in [7, 11) is 3.22. The Morgan fingerprint density at radius 3 is 3.00 bits per heavy atom. The van der Waals surface area contributed by atoms with Crippen LogP contribution in [0.2, 0.25) is 0 Å². The lowest BCUT2D eigenvalue weighted by atomic mass is 10.2. The summed E-state index contributed by atoms with van der Waals surface area (Å²) >= 11 is 0. The van der Waals surface area contributed by atoms with E-state index in [1.165, 1.54) is 19.4 Å². The molecule has 0 radical (unpaired) electrons. The number of hydrogen-bond donors (Lipinski definition) is 1. The predicted octanol–water partition coefficient (Wildman–Crippen LogP) is 0.949. The van der Waals surface area contributed by atoms with E-state index in [4.69, 9.17) is 4.74 Å². The average Bonchev–Trinajstić information content (AvgIpc) is 2.09. The molecule has 3 nitrogen and oxygen atoms in total. The van der Waals surface area contributed by atoms with Crippen molar-refractivity contribution in [2.24, 2.45) is 0 Å². The molecule has 0 aliphatic rings. The monoisotopic (exact) mass is 170 g/mol. The Morgan fingerprint density at radius 2 is 2.42 bits per heavy atom. The number of rotatable bonds is 3. The number of methoxy groups -OCH3 is 1. The second-order valence-electron chi connectivity index (χ2n) is 2.31. The van der Waals surface area contributed by atoms with Gasteiger partial charge in [0.05, 0.1) is 12.7 Å². The van der Waals surface area contributed by atoms with Crippen LogP contribution in [0.1, 0.15) is 5.56 Å². The van der Waals surface area contributed by atoms with E-state index >= 15 is 0 Å². The van der Waals surface area contributed by atoms with E-state index in [1.807, 2.05) is 0 Å². The molecule has 0 aliphatic carbocycles. The van der Waals surface area contributed by atoms with Gasteiger partial charge < -0.3 is 10.1 Å². The van der Waals surface area contributed by atoms with Crippen molar-refractivity contribution in [1.29, 1.82) is 0 Å². The highest BCUT2D eigenvalue weighted by Gasteiger charge is 2.08. The first-order valence-corrected chi connectivity index (χ1v) is 3.61. The van der Waals surface area contributed by atoms with Crippen molar-refractivity contribution >= 4 is 0 Å². The molecule has 1 rings (SSSR count). The van der Waals surface area contributed by atoms with Gasteiger partial charge in [-0.3, -0.25) is 0 Å². The van der Waals surface area contributed by atoms with Crippen molar-refractivity contribution in [2.45, 2.75) is 6.54 Å². The minimum Gasteiger partial charge on any atom is -0.481 e. The Balaban J connectivity index is 3.02. The SMILES string of the molecule is CNCc1c(F)ccnc1OC. The van der Waals surface area contributed by atoms with Crippen molar-refractivity contribution < 1.29 is 9.13 Å². The van der Waals surface area contributed by atoms with Gasteiger partial charge >= 0.3 is 0 Å². The Labute approximate surface area is 70.6 Å². The third-order valence-electron chi connectivity index (χ3n) is 1.51. The van der Waals surface area contributed by atoms with Gasteiger partial charge in [0.25, 0.3) is 0 Å². The van der Waals surface area contributed by atoms with Crippen LogP contribution in [0, 0.1) is 5.82 Å². The minimum atomic E-state index is -0.295. The second kappa shape index (κ2) is 4.01. The van der Waals surface area contributed by atoms with Crippen molar-refractivity contribution in [2.75, 3.05) is 14.2 Å². The minimum absolute atomic E-state index is 0.295. The van der Waals surface area contributed by atoms with Crippen LogP contribution in [0.3, 0.4) is 0 Å². The molecule has 1 N–H and O–H groups in total. The van der Waals surface area contributed by atoms with Gasteiger partial charge in [-0.15, -0.1) is 0 Å². The van der Waals surface area contributed by atoms with Gasteiger partial charge in [-0.1, -0.05) is 0 Å². The normalized spacial score (nSPS) is 9.92. The molecule has 0 bridgehead atoms. The van der Waals surface area contributed by atoms with E-state index in [9.17, 15) is 4.39 Å². The highest BCUT2D eigenvalue weighted by atomic mass is 19.1. The summed E-state index contributed by atoms with van der Waals surface area (Å²) in [6, 6.07) is 1.31. The molecule has 0 saturated carbocycles. The van der Waals surface area contributed by atoms with Crippen LogP contribution in [0.4, 0.5) is 4.39 Å². The molecule has 12 heavy (non-hydrogen) atoms. The van der Waals surface area contributed by atoms with Crippen molar-refractivity contribution in [1.82, 2.24) is 10.3 Å². The molecule has 66 valence electrons. The van der Waals surface area contributed by atoms with Gasteiger partial charge in [0, 0.05) is 12.7 Å². The molecule has 0 amide bonds. The van der Waals surface area contributed by atoms with E-state index < -0.39 is 0 Å². The van der Waals surface area contributed by atoms with Gasteiger partial charge in [-0.05, 0) is 13.1 Å². The highest BCUT2D eigenvalue weighted by molar-refractivity contribution is 5.26. The number of ether oxygens (including phenoxy) is 1. The number of nitrogens with zero attached hydrogens (tertiary/aromatic N) is 1. The van der Waals surface area contributed by atoms with Crippen molar-refractivity contribution in [3.05, 3.63) is 23.6 Å².